The fourth-order valence-electron chi connectivity index (χ4n) is 7.81. The summed E-state index contributed by atoms with van der Waals surface area (Å²) in [5.41, 5.74) is 5.58. The van der Waals surface area contributed by atoms with Gasteiger partial charge in [-0.25, -0.2) is 9.97 Å². The summed E-state index contributed by atoms with van der Waals surface area (Å²) >= 11 is 0. The van der Waals surface area contributed by atoms with Crippen LogP contribution in [0.2, 0.25) is 0 Å². The lowest BCUT2D eigenvalue weighted by Crippen LogP contribution is -2.59. The van der Waals surface area contributed by atoms with Gasteiger partial charge in [-0.3, -0.25) is 18.9 Å². The molecule has 0 amide bonds. The number of rotatable bonds is 8. The number of aliphatic hydroxyl groups excluding tert-OH is 1. The van der Waals surface area contributed by atoms with Crippen molar-refractivity contribution in [2.24, 2.45) is 5.41 Å². The minimum absolute atomic E-state index is 0.142. The molecule has 5 aromatic heterocycles. The van der Waals surface area contributed by atoms with Crippen LogP contribution in [0.25, 0.3) is 22.5 Å². The monoisotopic (exact) mass is 677 g/mol. The van der Waals surface area contributed by atoms with Crippen LogP contribution in [0, 0.1) is 5.41 Å². The predicted molar refractivity (Wildman–Crippen MR) is 192 cm³/mol. The Kier molecular flexibility index (Phi) is 8.08. The molecule has 0 radical (unpaired) electrons. The number of nitrogens with one attached hydrogen (secondary N) is 1. The van der Waals surface area contributed by atoms with Crippen LogP contribution in [0.15, 0.2) is 64.8 Å². The fourth-order valence-corrected chi connectivity index (χ4v) is 7.81. The second-order valence-corrected chi connectivity index (χ2v) is 14.5. The van der Waals surface area contributed by atoms with Crippen LogP contribution in [-0.2, 0) is 30.7 Å². The minimum atomic E-state index is -0.387. The summed E-state index contributed by atoms with van der Waals surface area (Å²) in [7, 11) is 0. The first kappa shape index (κ1) is 32.4. The van der Waals surface area contributed by atoms with E-state index in [4.69, 9.17) is 4.74 Å². The first-order valence-electron chi connectivity index (χ1n) is 17.4. The Morgan fingerprint density at radius 3 is 2.60 bits per heavy atom. The smallest absolute Gasteiger partial charge is 0.297 e. The van der Waals surface area contributed by atoms with E-state index in [-0.39, 0.29) is 29.0 Å². The molecule has 13 nitrogen and oxygen atoms in total. The highest BCUT2D eigenvalue weighted by molar-refractivity contribution is 5.73. The second-order valence-electron chi connectivity index (χ2n) is 14.5. The first-order valence-corrected chi connectivity index (χ1v) is 17.4. The van der Waals surface area contributed by atoms with E-state index in [0.717, 1.165) is 62.6 Å². The quantitative estimate of drug-likeness (QED) is 0.252. The van der Waals surface area contributed by atoms with Gasteiger partial charge in [0.15, 0.2) is 5.82 Å². The zero-order valence-electron chi connectivity index (χ0n) is 29.0. The van der Waals surface area contributed by atoms with Crippen molar-refractivity contribution in [2.75, 3.05) is 43.1 Å². The lowest BCUT2D eigenvalue weighted by molar-refractivity contribution is -0.0691. The molecule has 1 aliphatic carbocycles. The molecule has 7 heterocycles. The minimum Gasteiger partial charge on any atom is -0.392 e. The van der Waals surface area contributed by atoms with E-state index in [0.29, 0.717) is 52.3 Å². The Morgan fingerprint density at radius 1 is 1.06 bits per heavy atom. The molecule has 8 rings (SSSR count). The molecule has 50 heavy (non-hydrogen) atoms. The lowest BCUT2D eigenvalue weighted by atomic mass is 9.90. The van der Waals surface area contributed by atoms with Crippen molar-refractivity contribution < 1.29 is 9.84 Å². The molecule has 0 saturated carbocycles. The number of aromatic nitrogens is 6. The predicted octanol–water partition coefficient (Wildman–Crippen LogP) is 3.39. The summed E-state index contributed by atoms with van der Waals surface area (Å²) in [5, 5.41) is 18.4. The number of fused-ring (bicyclic) bond motifs is 3. The molecule has 5 aromatic rings. The van der Waals surface area contributed by atoms with Crippen molar-refractivity contribution >= 4 is 22.7 Å². The SMILES string of the molecule is CCn1cc(-c2ccnc(-n3ncn4c5c(cc4c3=O)CC(C)(C)C5)c2CO)cc(Nc2ccc(N3CCN(C4COC4)C[C@@H]3C)cn2)c1=O. The molecule has 13 heteroatoms. The highest BCUT2D eigenvalue weighted by Gasteiger charge is 2.33. The largest absolute Gasteiger partial charge is 0.392 e. The molecule has 2 saturated heterocycles. The van der Waals surface area contributed by atoms with Crippen molar-refractivity contribution in [3.05, 3.63) is 92.8 Å². The van der Waals surface area contributed by atoms with Gasteiger partial charge in [-0.05, 0) is 73.6 Å². The summed E-state index contributed by atoms with van der Waals surface area (Å²) in [6, 6.07) is 10.3. The third-order valence-corrected chi connectivity index (χ3v) is 10.5. The van der Waals surface area contributed by atoms with E-state index in [1.807, 2.05) is 35.7 Å². The zero-order valence-corrected chi connectivity index (χ0v) is 29.0. The average molecular weight is 678 g/mol. The number of aliphatic hydroxyl groups is 1. The zero-order chi connectivity index (χ0) is 34.7. The van der Waals surface area contributed by atoms with Crippen molar-refractivity contribution in [1.82, 2.24) is 33.6 Å². The Bertz CT molecular complexity index is 2200. The topological polar surface area (TPSA) is 135 Å². The number of aryl methyl sites for hydroxylation is 1. The Hall–Kier alpha value is -4.85. The number of hydrogen-bond donors (Lipinski definition) is 2. The molecular weight excluding hydrogens is 634 g/mol. The molecule has 2 aliphatic heterocycles. The molecular formula is C37H43N9O4. The van der Waals surface area contributed by atoms with Gasteiger partial charge in [-0.2, -0.15) is 9.78 Å². The highest BCUT2D eigenvalue weighted by Crippen LogP contribution is 2.37. The van der Waals surface area contributed by atoms with Crippen LogP contribution >= 0.6 is 0 Å². The van der Waals surface area contributed by atoms with E-state index in [9.17, 15) is 14.7 Å². The van der Waals surface area contributed by atoms with Gasteiger partial charge in [0.25, 0.3) is 11.1 Å². The van der Waals surface area contributed by atoms with Crippen LogP contribution < -0.4 is 21.3 Å². The normalized spacial score (nSPS) is 19.1. The van der Waals surface area contributed by atoms with Crippen molar-refractivity contribution in [3.8, 4) is 16.9 Å². The van der Waals surface area contributed by atoms with E-state index < -0.39 is 0 Å². The van der Waals surface area contributed by atoms with Gasteiger partial charge in [0.05, 0.1) is 37.7 Å². The number of anilines is 3. The van der Waals surface area contributed by atoms with Crippen LogP contribution in [0.1, 0.15) is 44.5 Å². The Labute approximate surface area is 289 Å². The maximum Gasteiger partial charge on any atom is 0.297 e. The summed E-state index contributed by atoms with van der Waals surface area (Å²) in [6.07, 6.45) is 8.64. The molecule has 3 aliphatic rings. The van der Waals surface area contributed by atoms with E-state index in [2.05, 4.69) is 51.0 Å². The van der Waals surface area contributed by atoms with Gasteiger partial charge in [-0.15, -0.1) is 0 Å². The summed E-state index contributed by atoms with van der Waals surface area (Å²) < 4.78 is 10.1. The number of ether oxygens (including phenoxy) is 1. The first-order chi connectivity index (χ1) is 24.1. The van der Waals surface area contributed by atoms with Gasteiger partial charge >= 0.3 is 0 Å². The molecule has 0 unspecified atom stereocenters. The Morgan fingerprint density at radius 2 is 1.90 bits per heavy atom. The van der Waals surface area contributed by atoms with Crippen molar-refractivity contribution in [1.29, 1.82) is 0 Å². The molecule has 0 bridgehead atoms. The van der Waals surface area contributed by atoms with E-state index in [1.54, 1.807) is 35.4 Å². The van der Waals surface area contributed by atoms with Gasteiger partial charge in [0, 0.05) is 61.4 Å². The summed E-state index contributed by atoms with van der Waals surface area (Å²) in [4.78, 5) is 41.4. The van der Waals surface area contributed by atoms with Crippen LogP contribution in [-0.4, -0.2) is 83.7 Å². The maximum absolute atomic E-state index is 13.8. The molecule has 2 fully saturated rings. The molecule has 0 spiro atoms. The van der Waals surface area contributed by atoms with Crippen LogP contribution in [0.4, 0.5) is 17.2 Å². The van der Waals surface area contributed by atoms with Crippen LogP contribution in [0.3, 0.4) is 0 Å². The molecule has 260 valence electrons. The van der Waals surface area contributed by atoms with Crippen LogP contribution in [0.5, 0.6) is 0 Å². The van der Waals surface area contributed by atoms with E-state index >= 15 is 0 Å². The van der Waals surface area contributed by atoms with Gasteiger partial charge in [-0.1, -0.05) is 13.8 Å². The van der Waals surface area contributed by atoms with Gasteiger partial charge in [0.1, 0.15) is 23.3 Å². The molecule has 2 N–H and O–H groups in total. The van der Waals surface area contributed by atoms with Gasteiger partial charge < -0.3 is 24.6 Å². The third-order valence-electron chi connectivity index (χ3n) is 10.5. The number of hydrogen-bond acceptors (Lipinski definition) is 10. The number of nitrogens with zero attached hydrogens (tertiary/aromatic N) is 8. The summed E-state index contributed by atoms with van der Waals surface area (Å²) in [6.45, 7) is 13.2. The fraction of sp³-hybridized carbons (Fsp3) is 0.432. The second kappa shape index (κ2) is 12.5. The molecule has 0 aromatic carbocycles. The van der Waals surface area contributed by atoms with Crippen molar-refractivity contribution in [2.45, 2.75) is 65.8 Å². The Balaban J connectivity index is 1.09. The maximum atomic E-state index is 13.8. The third kappa shape index (κ3) is 5.59. The number of piperazine rings is 1. The summed E-state index contributed by atoms with van der Waals surface area (Å²) in [5.74, 6) is 0.796. The average Bonchev–Trinajstić information content (AvgIpc) is 3.57. The van der Waals surface area contributed by atoms with Gasteiger partial charge in [0.2, 0.25) is 0 Å². The standard InChI is InChI=1S/C37H43N9O4/c1-5-42-18-25(12-30(35(42)48)41-33-7-6-26(16-39-33)44-11-10-43(17-23(44)2)27-20-50-21-27)28-8-9-38-34(29(28)19-47)46-36(49)31-13-24-14-37(3,4)15-32(24)45(31)22-40-46/h6-9,12-13,16,18,22-23,27,47H,5,10-11,14-15,17,19-21H2,1-4H3,(H,39,41)/t23-/m0/s1. The highest BCUT2D eigenvalue weighted by atomic mass is 16.5. The number of pyridine rings is 3. The van der Waals surface area contributed by atoms with E-state index in [1.165, 1.54) is 4.68 Å². The lowest BCUT2D eigenvalue weighted by Gasteiger charge is -2.46. The van der Waals surface area contributed by atoms with Crippen molar-refractivity contribution in [3.63, 3.8) is 0 Å². The molecule has 1 atom stereocenters.